The summed E-state index contributed by atoms with van der Waals surface area (Å²) in [5.74, 6) is -0.449. The molecule has 0 aliphatic heterocycles. The van der Waals surface area contributed by atoms with Gasteiger partial charge < -0.3 is 5.11 Å². The van der Waals surface area contributed by atoms with Gasteiger partial charge in [-0.3, -0.25) is 18.7 Å². The molecular formula is C19H28N4O4S. The molecule has 2 aromatic heterocycles. The zero-order valence-electron chi connectivity index (χ0n) is 17.3. The van der Waals surface area contributed by atoms with E-state index in [0.717, 1.165) is 29.2 Å². The van der Waals surface area contributed by atoms with Gasteiger partial charge in [0.25, 0.3) is 5.56 Å². The van der Waals surface area contributed by atoms with E-state index in [2.05, 4.69) is 9.97 Å². The maximum absolute atomic E-state index is 12.8. The number of unbranched alkanes of at least 4 members (excludes halogenated alkanes) is 1. The summed E-state index contributed by atoms with van der Waals surface area (Å²) in [6.07, 6.45) is 2.65. The molecule has 0 radical (unpaired) electrons. The molecule has 0 aliphatic rings. The van der Waals surface area contributed by atoms with Crippen molar-refractivity contribution in [3.8, 4) is 0 Å². The number of rotatable bonds is 7. The third kappa shape index (κ3) is 4.81. The van der Waals surface area contributed by atoms with Crippen LogP contribution in [0.15, 0.2) is 14.6 Å². The van der Waals surface area contributed by atoms with E-state index in [0.29, 0.717) is 23.7 Å². The highest BCUT2D eigenvalue weighted by Gasteiger charge is 2.25. The first-order valence-electron chi connectivity index (χ1n) is 9.32. The molecule has 0 aliphatic carbocycles. The molecule has 154 valence electrons. The molecule has 28 heavy (non-hydrogen) atoms. The summed E-state index contributed by atoms with van der Waals surface area (Å²) in [4.78, 5) is 45.9. The largest absolute Gasteiger partial charge is 0.480 e. The van der Waals surface area contributed by atoms with Crippen LogP contribution in [0.2, 0.25) is 0 Å². The average molecular weight is 409 g/mol. The predicted octanol–water partition coefficient (Wildman–Crippen LogP) is 2.35. The van der Waals surface area contributed by atoms with Gasteiger partial charge in [-0.15, -0.1) is 0 Å². The maximum atomic E-state index is 12.8. The number of aryl methyl sites for hydroxylation is 1. The van der Waals surface area contributed by atoms with Gasteiger partial charge in [0.1, 0.15) is 21.5 Å². The highest BCUT2D eigenvalue weighted by molar-refractivity contribution is 8.00. The second-order valence-corrected chi connectivity index (χ2v) is 9.37. The van der Waals surface area contributed by atoms with Gasteiger partial charge in [0.05, 0.1) is 0 Å². The third-order valence-corrected chi connectivity index (χ3v) is 5.59. The number of carbonyl (C=O) groups is 1. The monoisotopic (exact) mass is 408 g/mol. The van der Waals surface area contributed by atoms with Crippen molar-refractivity contribution in [2.24, 2.45) is 19.5 Å². The van der Waals surface area contributed by atoms with E-state index in [-0.39, 0.29) is 16.4 Å². The minimum atomic E-state index is -0.941. The number of thioether (sulfide) groups is 1. The van der Waals surface area contributed by atoms with Crippen molar-refractivity contribution in [3.05, 3.63) is 26.7 Å². The number of hydrogen-bond donors (Lipinski definition) is 1. The Morgan fingerprint density at radius 1 is 1.18 bits per heavy atom. The van der Waals surface area contributed by atoms with E-state index in [1.54, 1.807) is 7.05 Å². The molecule has 8 nitrogen and oxygen atoms in total. The summed E-state index contributed by atoms with van der Waals surface area (Å²) >= 11 is 1.06. The van der Waals surface area contributed by atoms with Gasteiger partial charge in [0.2, 0.25) is 0 Å². The standard InChI is InChI=1S/C19H28N4O4S/c1-7-8-9-11(17(25)26)28-15-13-14(20-12(21-15)10-19(2,3)4)22(5)18(27)23(6)16(13)24/h11H,7-10H2,1-6H3,(H,25,26)/t11-/m1/s1. The van der Waals surface area contributed by atoms with Gasteiger partial charge in [0.15, 0.2) is 5.65 Å². The normalized spacial score (nSPS) is 13.1. The molecule has 1 atom stereocenters. The molecule has 2 heterocycles. The fourth-order valence-corrected chi connectivity index (χ4v) is 3.98. The van der Waals surface area contributed by atoms with Crippen LogP contribution in [0.1, 0.15) is 52.8 Å². The summed E-state index contributed by atoms with van der Waals surface area (Å²) in [5.41, 5.74) is -0.857. The second-order valence-electron chi connectivity index (χ2n) is 8.17. The highest BCUT2D eigenvalue weighted by Crippen LogP contribution is 2.30. The summed E-state index contributed by atoms with van der Waals surface area (Å²) in [5, 5.41) is 9.40. The zero-order valence-corrected chi connectivity index (χ0v) is 18.1. The number of carboxylic acids is 1. The molecule has 0 bridgehead atoms. The van der Waals surface area contributed by atoms with Crippen molar-refractivity contribution in [2.45, 2.75) is 63.7 Å². The van der Waals surface area contributed by atoms with Gasteiger partial charge in [-0.25, -0.2) is 14.8 Å². The SMILES string of the molecule is CCCC[C@@H](Sc1nc(CC(C)(C)C)nc2c1c(=O)n(C)c(=O)n2C)C(=O)O. The summed E-state index contributed by atoms with van der Waals surface area (Å²) in [7, 11) is 2.95. The first-order chi connectivity index (χ1) is 13.0. The van der Waals surface area contributed by atoms with Crippen LogP contribution in [0, 0.1) is 5.41 Å². The van der Waals surface area contributed by atoms with Crippen molar-refractivity contribution >= 4 is 28.8 Å². The van der Waals surface area contributed by atoms with Crippen LogP contribution in [0.5, 0.6) is 0 Å². The van der Waals surface area contributed by atoms with E-state index >= 15 is 0 Å². The van der Waals surface area contributed by atoms with Crippen LogP contribution in [-0.4, -0.2) is 35.4 Å². The van der Waals surface area contributed by atoms with E-state index < -0.39 is 22.5 Å². The van der Waals surface area contributed by atoms with Crippen LogP contribution in [-0.2, 0) is 25.3 Å². The van der Waals surface area contributed by atoms with Crippen LogP contribution in [0.3, 0.4) is 0 Å². The minimum Gasteiger partial charge on any atom is -0.480 e. The van der Waals surface area contributed by atoms with Crippen LogP contribution in [0.4, 0.5) is 0 Å². The summed E-state index contributed by atoms with van der Waals surface area (Å²) in [6.45, 7) is 8.11. The molecule has 0 saturated carbocycles. The van der Waals surface area contributed by atoms with Gasteiger partial charge >= 0.3 is 11.7 Å². The van der Waals surface area contributed by atoms with Crippen molar-refractivity contribution in [1.29, 1.82) is 0 Å². The van der Waals surface area contributed by atoms with Gasteiger partial charge in [-0.1, -0.05) is 52.3 Å². The first kappa shape index (κ1) is 22.1. The number of hydrogen-bond acceptors (Lipinski definition) is 6. The summed E-state index contributed by atoms with van der Waals surface area (Å²) in [6, 6.07) is 0. The third-order valence-electron chi connectivity index (χ3n) is 4.35. The molecule has 0 fully saturated rings. The molecule has 9 heteroatoms. The fourth-order valence-electron chi connectivity index (χ4n) is 2.87. The van der Waals surface area contributed by atoms with Crippen molar-refractivity contribution in [1.82, 2.24) is 19.1 Å². The minimum absolute atomic E-state index is 0.109. The zero-order chi connectivity index (χ0) is 21.2. The lowest BCUT2D eigenvalue weighted by Gasteiger charge is -2.19. The Hall–Kier alpha value is -2.16. The Labute approximate surface area is 168 Å². The lowest BCUT2D eigenvalue weighted by molar-refractivity contribution is -0.136. The Kier molecular flexibility index (Phi) is 6.69. The molecule has 0 saturated heterocycles. The number of carboxylic acid groups (broad SMARTS) is 1. The van der Waals surface area contributed by atoms with E-state index in [4.69, 9.17) is 0 Å². The molecular weight excluding hydrogens is 380 g/mol. The molecule has 0 amide bonds. The lowest BCUT2D eigenvalue weighted by Crippen LogP contribution is -2.38. The molecule has 0 unspecified atom stereocenters. The van der Waals surface area contributed by atoms with Crippen molar-refractivity contribution in [3.63, 3.8) is 0 Å². The van der Waals surface area contributed by atoms with E-state index in [1.165, 1.54) is 11.6 Å². The van der Waals surface area contributed by atoms with E-state index in [9.17, 15) is 19.5 Å². The van der Waals surface area contributed by atoms with Gasteiger partial charge in [0, 0.05) is 20.5 Å². The van der Waals surface area contributed by atoms with Crippen LogP contribution < -0.4 is 11.2 Å². The lowest BCUT2D eigenvalue weighted by atomic mass is 9.92. The first-order valence-corrected chi connectivity index (χ1v) is 10.2. The highest BCUT2D eigenvalue weighted by atomic mass is 32.2. The maximum Gasteiger partial charge on any atom is 0.332 e. The number of fused-ring (bicyclic) bond motifs is 1. The number of nitrogens with zero attached hydrogens (tertiary/aromatic N) is 4. The van der Waals surface area contributed by atoms with Crippen molar-refractivity contribution < 1.29 is 9.90 Å². The Balaban J connectivity index is 2.75. The summed E-state index contributed by atoms with van der Waals surface area (Å²) < 4.78 is 2.32. The van der Waals surface area contributed by atoms with Gasteiger partial charge in [-0.2, -0.15) is 0 Å². The van der Waals surface area contributed by atoms with Crippen LogP contribution in [0.25, 0.3) is 11.0 Å². The quantitative estimate of drug-likeness (QED) is 0.553. The van der Waals surface area contributed by atoms with E-state index in [1.807, 2.05) is 27.7 Å². The topological polar surface area (TPSA) is 107 Å². The smallest absolute Gasteiger partial charge is 0.332 e. The molecule has 1 N–H and O–H groups in total. The second kappa shape index (κ2) is 8.46. The number of aromatic nitrogens is 4. The van der Waals surface area contributed by atoms with Crippen molar-refractivity contribution in [2.75, 3.05) is 0 Å². The van der Waals surface area contributed by atoms with Gasteiger partial charge in [-0.05, 0) is 11.8 Å². The molecule has 2 rings (SSSR count). The molecule has 0 aromatic carbocycles. The molecule has 2 aromatic rings. The predicted molar refractivity (Wildman–Crippen MR) is 110 cm³/mol. The van der Waals surface area contributed by atoms with Crippen LogP contribution >= 0.6 is 11.8 Å². The Bertz CT molecular complexity index is 1000. The molecule has 0 spiro atoms. The average Bonchev–Trinajstić information content (AvgIpc) is 2.59. The number of aliphatic carboxylic acids is 1. The Morgan fingerprint density at radius 3 is 2.36 bits per heavy atom. The fraction of sp³-hybridized carbons (Fsp3) is 0.632. The Morgan fingerprint density at radius 2 is 1.82 bits per heavy atom.